The number of hydrogen-bond donors (Lipinski definition) is 2. The number of nitrogens with two attached hydrogens (primary N) is 2. The Morgan fingerprint density at radius 3 is 1.23 bits per heavy atom. The first kappa shape index (κ1) is 20.8. The van der Waals surface area contributed by atoms with Crippen LogP contribution in [0.4, 0.5) is 0 Å². The summed E-state index contributed by atoms with van der Waals surface area (Å²) in [5.41, 5.74) is 12.3. The highest BCUT2D eigenvalue weighted by molar-refractivity contribution is 5.78. The third-order valence-corrected chi connectivity index (χ3v) is 5.47. The molecule has 0 saturated carbocycles. The summed E-state index contributed by atoms with van der Waals surface area (Å²) in [6.07, 6.45) is 14.9. The summed E-state index contributed by atoms with van der Waals surface area (Å²) >= 11 is 0. The predicted molar refractivity (Wildman–Crippen MR) is 112 cm³/mol. The van der Waals surface area contributed by atoms with Gasteiger partial charge >= 0.3 is 0 Å². The summed E-state index contributed by atoms with van der Waals surface area (Å²) in [6, 6.07) is 0. The van der Waals surface area contributed by atoms with E-state index in [9.17, 15) is 0 Å². The average molecular weight is 365 g/mol. The summed E-state index contributed by atoms with van der Waals surface area (Å²) < 4.78 is 0. The molecule has 2 fully saturated rings. The lowest BCUT2D eigenvalue weighted by molar-refractivity contribution is 0.427. The van der Waals surface area contributed by atoms with E-state index in [-0.39, 0.29) is 0 Å². The largest absolute Gasteiger partial charge is 0.370 e. The van der Waals surface area contributed by atoms with Crippen LogP contribution in [0.15, 0.2) is 9.98 Å². The molecule has 2 aliphatic heterocycles. The van der Waals surface area contributed by atoms with Crippen molar-refractivity contribution in [3.05, 3.63) is 0 Å². The maximum atomic E-state index is 6.14. The number of guanidine groups is 2. The van der Waals surface area contributed by atoms with Crippen molar-refractivity contribution in [3.8, 4) is 0 Å². The molecule has 6 heteroatoms. The number of rotatable bonds is 7. The van der Waals surface area contributed by atoms with Crippen molar-refractivity contribution < 1.29 is 0 Å². The highest BCUT2D eigenvalue weighted by Crippen LogP contribution is 2.10. The molecule has 2 heterocycles. The fourth-order valence-corrected chi connectivity index (χ4v) is 3.76. The number of unbranched alkanes of at least 4 members (excludes halogenated alkanes) is 3. The summed E-state index contributed by atoms with van der Waals surface area (Å²) in [6.45, 7) is 6.00. The van der Waals surface area contributed by atoms with Crippen LogP contribution in [0.5, 0.6) is 0 Å². The number of aliphatic imine (C=N–C) groups is 2. The minimum absolute atomic E-state index is 0.752. The van der Waals surface area contributed by atoms with E-state index in [0.29, 0.717) is 0 Å². The first-order valence-electron chi connectivity index (χ1n) is 10.9. The van der Waals surface area contributed by atoms with E-state index >= 15 is 0 Å². The van der Waals surface area contributed by atoms with Crippen molar-refractivity contribution in [2.24, 2.45) is 21.5 Å². The smallest absolute Gasteiger partial charge is 0.191 e. The van der Waals surface area contributed by atoms with Crippen molar-refractivity contribution in [2.45, 2.75) is 77.0 Å². The first-order valence-corrected chi connectivity index (χ1v) is 10.9. The Balaban J connectivity index is 1.52. The van der Waals surface area contributed by atoms with Crippen LogP contribution in [0, 0.1) is 0 Å². The Morgan fingerprint density at radius 2 is 0.885 bits per heavy atom. The predicted octanol–water partition coefficient (Wildman–Crippen LogP) is 2.93. The Kier molecular flexibility index (Phi) is 10.3. The molecule has 0 aliphatic carbocycles. The topological polar surface area (TPSA) is 83.2 Å². The lowest BCUT2D eigenvalue weighted by Crippen LogP contribution is -2.38. The Morgan fingerprint density at radius 1 is 0.538 bits per heavy atom. The van der Waals surface area contributed by atoms with Gasteiger partial charge in [-0.1, -0.05) is 38.5 Å². The van der Waals surface area contributed by atoms with Gasteiger partial charge < -0.3 is 21.3 Å². The molecule has 2 saturated heterocycles. The number of nitrogens with zero attached hydrogens (tertiary/aromatic N) is 4. The van der Waals surface area contributed by atoms with E-state index in [1.807, 2.05) is 0 Å². The zero-order chi connectivity index (χ0) is 18.5. The Bertz CT molecular complexity index is 378. The van der Waals surface area contributed by atoms with Crippen molar-refractivity contribution in [2.75, 3.05) is 39.3 Å². The van der Waals surface area contributed by atoms with Crippen molar-refractivity contribution >= 4 is 11.9 Å². The average Bonchev–Trinajstić information content (AvgIpc) is 3.08. The monoisotopic (exact) mass is 364 g/mol. The first-order chi connectivity index (χ1) is 12.8. The van der Waals surface area contributed by atoms with Gasteiger partial charge in [0.15, 0.2) is 11.9 Å². The van der Waals surface area contributed by atoms with Crippen LogP contribution in [0.2, 0.25) is 0 Å². The van der Waals surface area contributed by atoms with Crippen molar-refractivity contribution in [1.29, 1.82) is 0 Å². The van der Waals surface area contributed by atoms with E-state index in [1.54, 1.807) is 0 Å². The van der Waals surface area contributed by atoms with Gasteiger partial charge in [-0.2, -0.15) is 0 Å². The second-order valence-electron chi connectivity index (χ2n) is 7.70. The van der Waals surface area contributed by atoms with Gasteiger partial charge in [-0.15, -0.1) is 0 Å². The molecule has 26 heavy (non-hydrogen) atoms. The highest BCUT2D eigenvalue weighted by Gasteiger charge is 2.11. The summed E-state index contributed by atoms with van der Waals surface area (Å²) in [4.78, 5) is 13.7. The Hall–Kier alpha value is -1.46. The molecule has 0 amide bonds. The maximum absolute atomic E-state index is 6.14. The third kappa shape index (κ3) is 8.28. The molecule has 0 aromatic heterocycles. The highest BCUT2D eigenvalue weighted by atomic mass is 15.3. The van der Waals surface area contributed by atoms with E-state index in [4.69, 9.17) is 11.5 Å². The van der Waals surface area contributed by atoms with Gasteiger partial charge in [0.2, 0.25) is 0 Å². The van der Waals surface area contributed by atoms with Gasteiger partial charge in [0, 0.05) is 39.3 Å². The van der Waals surface area contributed by atoms with E-state index < -0.39 is 0 Å². The van der Waals surface area contributed by atoms with Crippen LogP contribution in [0.3, 0.4) is 0 Å². The third-order valence-electron chi connectivity index (χ3n) is 5.47. The van der Waals surface area contributed by atoms with Gasteiger partial charge in [0.05, 0.1) is 0 Å². The SMILES string of the molecule is NC(=NCCCCCCN=C(N)N1CCCCCC1)N1CCCCCC1. The number of likely N-dealkylation sites (tertiary alicyclic amines) is 2. The minimum Gasteiger partial charge on any atom is -0.370 e. The number of hydrogen-bond acceptors (Lipinski definition) is 2. The fraction of sp³-hybridized carbons (Fsp3) is 0.900. The van der Waals surface area contributed by atoms with E-state index in [1.165, 1.54) is 64.2 Å². The van der Waals surface area contributed by atoms with Gasteiger partial charge in [0.1, 0.15) is 0 Å². The fourth-order valence-electron chi connectivity index (χ4n) is 3.76. The molecule has 0 bridgehead atoms. The Labute approximate surface area is 160 Å². The summed E-state index contributed by atoms with van der Waals surface area (Å²) in [7, 11) is 0. The molecule has 0 atom stereocenters. The van der Waals surface area contributed by atoms with Crippen LogP contribution >= 0.6 is 0 Å². The standard InChI is InChI=1S/C20H40N6/c21-19(25-15-9-3-4-10-16-25)23-13-7-1-2-8-14-24-20(22)26-17-11-5-6-12-18-26/h1-18H2,(H2,21,23)(H2,22,24). The van der Waals surface area contributed by atoms with E-state index in [2.05, 4.69) is 19.8 Å². The van der Waals surface area contributed by atoms with Crippen LogP contribution in [0.1, 0.15) is 77.0 Å². The molecule has 4 N–H and O–H groups in total. The second kappa shape index (κ2) is 12.8. The second-order valence-corrected chi connectivity index (χ2v) is 7.70. The van der Waals surface area contributed by atoms with Crippen LogP contribution in [-0.2, 0) is 0 Å². The maximum Gasteiger partial charge on any atom is 0.191 e. The van der Waals surface area contributed by atoms with Gasteiger partial charge in [0.25, 0.3) is 0 Å². The molecular weight excluding hydrogens is 324 g/mol. The minimum atomic E-state index is 0.752. The summed E-state index contributed by atoms with van der Waals surface area (Å²) in [5, 5.41) is 0. The zero-order valence-corrected chi connectivity index (χ0v) is 16.7. The lowest BCUT2D eigenvalue weighted by Gasteiger charge is -2.21. The van der Waals surface area contributed by atoms with Gasteiger partial charge in [-0.05, 0) is 38.5 Å². The molecule has 2 rings (SSSR count). The van der Waals surface area contributed by atoms with Crippen LogP contribution in [-0.4, -0.2) is 61.0 Å². The molecule has 6 nitrogen and oxygen atoms in total. The quantitative estimate of drug-likeness (QED) is 0.413. The van der Waals surface area contributed by atoms with Crippen LogP contribution in [0.25, 0.3) is 0 Å². The zero-order valence-electron chi connectivity index (χ0n) is 16.7. The van der Waals surface area contributed by atoms with Crippen molar-refractivity contribution in [1.82, 2.24) is 9.80 Å². The molecule has 0 spiro atoms. The van der Waals surface area contributed by atoms with Gasteiger partial charge in [-0.3, -0.25) is 9.98 Å². The van der Waals surface area contributed by atoms with Crippen molar-refractivity contribution in [3.63, 3.8) is 0 Å². The summed E-state index contributed by atoms with van der Waals surface area (Å²) in [5.74, 6) is 1.50. The molecule has 0 radical (unpaired) electrons. The van der Waals surface area contributed by atoms with Gasteiger partial charge in [-0.25, -0.2) is 0 Å². The van der Waals surface area contributed by atoms with Crippen LogP contribution < -0.4 is 11.5 Å². The molecule has 150 valence electrons. The normalized spacial score (nSPS) is 20.8. The molecule has 0 aromatic carbocycles. The molecule has 2 aliphatic rings. The van der Waals surface area contributed by atoms with E-state index in [0.717, 1.165) is 64.0 Å². The lowest BCUT2D eigenvalue weighted by atomic mass is 10.2. The molecule has 0 unspecified atom stereocenters. The molecular formula is C20H40N6. The molecule has 0 aromatic rings.